The zero-order valence-corrected chi connectivity index (χ0v) is 40.5. The number of aliphatic carboxylic acids is 2. The molecule has 27 nitrogen and oxygen atoms in total. The number of hydrogen-bond donors (Lipinski definition) is 7. The van der Waals surface area contributed by atoms with Crippen molar-refractivity contribution in [3.8, 4) is 12.3 Å². The Bertz CT molecular complexity index is 2010. The Morgan fingerprint density at radius 1 is 0.634 bits per heavy atom. The number of anilines is 3. The summed E-state index contributed by atoms with van der Waals surface area (Å²) in [7, 11) is 0. The van der Waals surface area contributed by atoms with Gasteiger partial charge in [0.05, 0.1) is 68.9 Å². The number of nitrogens with two attached hydrogens (primary N) is 4. The van der Waals surface area contributed by atoms with Crippen LogP contribution in [0.25, 0.3) is 0 Å². The van der Waals surface area contributed by atoms with Crippen molar-refractivity contribution in [2.75, 3.05) is 127 Å². The normalized spacial score (nSPS) is 15.8. The zero-order chi connectivity index (χ0) is 51.0. The third-order valence-electron chi connectivity index (χ3n) is 12.0. The molecule has 4 atom stereocenters. The molecule has 5 rings (SSSR count). The number of terminal acetylenes is 1. The molecule has 0 bridgehead atoms. The fraction of sp³-hybridized carbons (Fsp3) is 0.705. The first-order chi connectivity index (χ1) is 34.4. The van der Waals surface area contributed by atoms with E-state index >= 15 is 0 Å². The van der Waals surface area contributed by atoms with Crippen LogP contribution in [0.2, 0.25) is 0 Å². The second-order valence-electron chi connectivity index (χ2n) is 17.2. The predicted molar refractivity (Wildman–Crippen MR) is 259 cm³/mol. The summed E-state index contributed by atoms with van der Waals surface area (Å²) in [5.41, 5.74) is 25.0. The number of nitrogens with zero attached hydrogens (tertiary/aromatic N) is 13. The van der Waals surface area contributed by atoms with E-state index in [1.807, 2.05) is 9.80 Å². The second kappa shape index (κ2) is 29.9. The topological polar surface area (TPSA) is 366 Å². The summed E-state index contributed by atoms with van der Waals surface area (Å²) >= 11 is 0. The number of ether oxygens (including phenoxy) is 3. The van der Waals surface area contributed by atoms with Crippen LogP contribution in [0.5, 0.6) is 0 Å². The predicted octanol–water partition coefficient (Wildman–Crippen LogP) is -1.08. The van der Waals surface area contributed by atoms with E-state index in [1.54, 1.807) is 22.2 Å². The quantitative estimate of drug-likeness (QED) is 0.0282. The lowest BCUT2D eigenvalue weighted by atomic mass is 10.1. The molecule has 2 aliphatic rings. The van der Waals surface area contributed by atoms with Gasteiger partial charge in [0.25, 0.3) is 0 Å². The Morgan fingerprint density at radius 2 is 1.07 bits per heavy atom. The third-order valence-corrected chi connectivity index (χ3v) is 12.0. The van der Waals surface area contributed by atoms with Crippen LogP contribution in [0, 0.1) is 12.3 Å². The monoisotopic (exact) mass is 997 g/mol. The Hall–Kier alpha value is -6.15. The van der Waals surface area contributed by atoms with Crippen LogP contribution in [-0.2, 0) is 33.4 Å². The Labute approximate surface area is 413 Å². The van der Waals surface area contributed by atoms with Gasteiger partial charge in [-0.3, -0.25) is 19.2 Å². The average Bonchev–Trinajstić information content (AvgIpc) is 4.07. The van der Waals surface area contributed by atoms with Gasteiger partial charge in [0.15, 0.2) is 0 Å². The van der Waals surface area contributed by atoms with E-state index in [9.17, 15) is 29.4 Å². The van der Waals surface area contributed by atoms with E-state index in [2.05, 4.69) is 31.9 Å². The molecule has 0 radical (unpaired) electrons. The minimum absolute atomic E-state index is 0.0121. The van der Waals surface area contributed by atoms with E-state index in [4.69, 9.17) is 58.5 Å². The summed E-state index contributed by atoms with van der Waals surface area (Å²) in [6.45, 7) is 6.08. The molecule has 3 aromatic rings. The maximum Gasteiger partial charge on any atom is 0.303 e. The first kappa shape index (κ1) is 55.8. The molecule has 0 saturated carbocycles. The fourth-order valence-electron chi connectivity index (χ4n) is 7.99. The molecule has 0 aliphatic carbocycles. The van der Waals surface area contributed by atoms with Crippen molar-refractivity contribution in [3.05, 3.63) is 23.8 Å². The van der Waals surface area contributed by atoms with Gasteiger partial charge in [-0.2, -0.15) is 15.0 Å². The highest BCUT2D eigenvalue weighted by Crippen LogP contribution is 2.25. The number of carbonyl (C=O) groups is 4. The largest absolute Gasteiger partial charge is 0.481 e. The molecule has 0 aromatic carbocycles. The van der Waals surface area contributed by atoms with Crippen molar-refractivity contribution in [1.29, 1.82) is 0 Å². The first-order valence-corrected chi connectivity index (χ1v) is 24.3. The van der Waals surface area contributed by atoms with Gasteiger partial charge in [-0.25, -0.2) is 9.36 Å². The second-order valence-corrected chi connectivity index (χ2v) is 17.2. The number of nitrogens with one attached hydrogen (secondary N) is 1. The number of carboxylic acid groups (broad SMARTS) is 2. The average molecular weight is 997 g/mol. The number of aromatic nitrogens is 9. The summed E-state index contributed by atoms with van der Waals surface area (Å²) in [5, 5.41) is 39.2. The molecule has 2 aliphatic heterocycles. The fourth-order valence-corrected chi connectivity index (χ4v) is 7.99. The lowest BCUT2D eigenvalue weighted by molar-refractivity contribution is -0.140. The Kier molecular flexibility index (Phi) is 23.5. The molecule has 2 saturated heterocycles. The SMILES string of the molecule is C#CCOCCOCCOCCNc1nc(N2CCN(C(=O)[C@H](CCC(=O)O)n3cc([C@@H](N)CCCCN)nn3)CC2)nc(N2CCN(C(=O)[C@H](CCC(=O)O)n3cc([C@@H](N)CCCCN)nn3)CC2)n1. The van der Waals surface area contributed by atoms with Crippen LogP contribution < -0.4 is 38.1 Å². The van der Waals surface area contributed by atoms with E-state index < -0.39 is 36.1 Å². The molecule has 2 fully saturated rings. The van der Waals surface area contributed by atoms with Crippen LogP contribution >= 0.6 is 0 Å². The minimum atomic E-state index is -1.04. The maximum atomic E-state index is 14.1. The molecule has 2 amide bonds. The standard InChI is InChI=1S/C44H72N18O9/c1-2-24-69-26-28-71-29-27-70-25-15-49-42-50-43(59-20-16-57(17-21-59)40(67)36(9-11-38(63)64)61-30-34(53-55-61)32(47)7-3-5-13-45)52-44(51-42)60-22-18-58(19-23-60)41(68)37(10-12-39(65)66)62-31-35(54-56-62)33(48)8-4-6-14-46/h1,30-33,36-37H,3-29,45-48H2,(H,63,64)(H,65,66)(H,49,50,51,52)/t32-,33-,36-,37-/m0/s1. The molecule has 71 heavy (non-hydrogen) atoms. The first-order valence-electron chi connectivity index (χ1n) is 24.3. The van der Waals surface area contributed by atoms with Crippen molar-refractivity contribution in [2.45, 2.75) is 88.4 Å². The maximum absolute atomic E-state index is 14.1. The van der Waals surface area contributed by atoms with Gasteiger partial charge in [-0.1, -0.05) is 29.2 Å². The lowest BCUT2D eigenvalue weighted by Gasteiger charge is -2.38. The van der Waals surface area contributed by atoms with E-state index in [0.717, 1.165) is 25.7 Å². The van der Waals surface area contributed by atoms with E-state index in [1.165, 1.54) is 9.36 Å². The van der Waals surface area contributed by atoms with Gasteiger partial charge in [0.1, 0.15) is 18.7 Å². The van der Waals surface area contributed by atoms with Crippen molar-refractivity contribution < 1.29 is 43.6 Å². The number of hydrogen-bond acceptors (Lipinski definition) is 21. The summed E-state index contributed by atoms with van der Waals surface area (Å²) < 4.78 is 19.3. The zero-order valence-electron chi connectivity index (χ0n) is 40.5. The van der Waals surface area contributed by atoms with Crippen molar-refractivity contribution in [1.82, 2.24) is 54.7 Å². The molecule has 0 spiro atoms. The van der Waals surface area contributed by atoms with Gasteiger partial charge >= 0.3 is 11.9 Å². The number of amides is 2. The smallest absolute Gasteiger partial charge is 0.303 e. The van der Waals surface area contributed by atoms with Crippen LogP contribution in [0.4, 0.5) is 17.8 Å². The summed E-state index contributed by atoms with van der Waals surface area (Å²) in [5.74, 6) is 0.783. The number of piperazine rings is 2. The molecule has 0 unspecified atom stereocenters. The lowest BCUT2D eigenvalue weighted by Crippen LogP contribution is -2.52. The van der Waals surface area contributed by atoms with Gasteiger partial charge in [-0.15, -0.1) is 16.6 Å². The molecule has 27 heteroatoms. The molecular weight excluding hydrogens is 925 g/mol. The number of carboxylic acids is 2. The van der Waals surface area contributed by atoms with Gasteiger partial charge in [0, 0.05) is 71.7 Å². The van der Waals surface area contributed by atoms with Crippen LogP contribution in [-0.4, -0.2) is 200 Å². The van der Waals surface area contributed by atoms with Gasteiger partial charge < -0.3 is 72.3 Å². The highest BCUT2D eigenvalue weighted by atomic mass is 16.5. The summed E-state index contributed by atoms with van der Waals surface area (Å²) in [6, 6.07) is -2.62. The minimum Gasteiger partial charge on any atom is -0.481 e. The van der Waals surface area contributed by atoms with Gasteiger partial charge in [0.2, 0.25) is 29.7 Å². The highest BCUT2D eigenvalue weighted by Gasteiger charge is 2.34. The van der Waals surface area contributed by atoms with Crippen molar-refractivity contribution >= 4 is 41.6 Å². The molecule has 3 aromatic heterocycles. The van der Waals surface area contributed by atoms with Crippen molar-refractivity contribution in [2.24, 2.45) is 22.9 Å². The molecular formula is C44H72N18O9. The van der Waals surface area contributed by atoms with Crippen LogP contribution in [0.1, 0.15) is 99.8 Å². The molecule has 5 heterocycles. The Balaban J connectivity index is 1.26. The van der Waals surface area contributed by atoms with Crippen LogP contribution in [0.15, 0.2) is 12.4 Å². The Morgan fingerprint density at radius 3 is 1.49 bits per heavy atom. The number of rotatable bonds is 33. The molecule has 11 N–H and O–H groups in total. The van der Waals surface area contributed by atoms with Crippen LogP contribution in [0.3, 0.4) is 0 Å². The van der Waals surface area contributed by atoms with Crippen molar-refractivity contribution in [3.63, 3.8) is 0 Å². The third kappa shape index (κ3) is 17.9. The highest BCUT2D eigenvalue weighted by molar-refractivity contribution is 5.82. The summed E-state index contributed by atoms with van der Waals surface area (Å²) in [4.78, 5) is 73.2. The summed E-state index contributed by atoms with van der Waals surface area (Å²) in [6.07, 6.45) is 12.5. The number of unbranched alkanes of at least 4 members (excludes halogenated alkanes) is 2. The van der Waals surface area contributed by atoms with Gasteiger partial charge in [-0.05, 0) is 51.6 Å². The number of carbonyl (C=O) groups excluding carboxylic acids is 2. The van der Waals surface area contributed by atoms with E-state index in [-0.39, 0.29) is 70.3 Å². The molecule has 392 valence electrons. The van der Waals surface area contributed by atoms with E-state index in [0.29, 0.717) is 121 Å².